The minimum Gasteiger partial charge on any atom is -0.355 e. The van der Waals surface area contributed by atoms with E-state index in [-0.39, 0.29) is 5.41 Å². The maximum atomic E-state index is 4.01. The highest BCUT2D eigenvalue weighted by atomic mass is 15.0. The first-order valence-electron chi connectivity index (χ1n) is 15.7. The Morgan fingerprint density at radius 1 is 0.659 bits per heavy atom. The lowest BCUT2D eigenvalue weighted by Gasteiger charge is -2.29. The van der Waals surface area contributed by atoms with Gasteiger partial charge in [-0.15, -0.1) is 0 Å². The molecule has 44 heavy (non-hydrogen) atoms. The zero-order valence-corrected chi connectivity index (χ0v) is 25.6. The standard InChI is InChI=1S/C41H33BN2/c1-24-22-31(38-36(23-24)44-35-19-10-7-14-27(35)30-15-11-17-33(42-38)40(30)44)29-21-20-28-26-13-6-8-16-32(26)41(3,4)37(28)39(29)43-34-18-9-5-12-25(34)2/h5-23,42-43H,1-4H3. The van der Waals surface area contributed by atoms with Crippen LogP contribution in [-0.2, 0) is 5.41 Å². The molecule has 1 aliphatic carbocycles. The minimum atomic E-state index is -0.147. The molecule has 210 valence electrons. The molecule has 2 nitrogen and oxygen atoms in total. The fourth-order valence-corrected chi connectivity index (χ4v) is 8.17. The summed E-state index contributed by atoms with van der Waals surface area (Å²) in [7, 11) is 0.906. The second kappa shape index (κ2) is 9.00. The Balaban J connectivity index is 1.36. The third-order valence-corrected chi connectivity index (χ3v) is 10.2. The summed E-state index contributed by atoms with van der Waals surface area (Å²) in [4.78, 5) is 0. The van der Waals surface area contributed by atoms with Crippen LogP contribution in [0.1, 0.15) is 36.1 Å². The van der Waals surface area contributed by atoms with Crippen molar-refractivity contribution < 1.29 is 0 Å². The van der Waals surface area contributed by atoms with Crippen LogP contribution in [0, 0.1) is 13.8 Å². The van der Waals surface area contributed by atoms with Gasteiger partial charge in [0.1, 0.15) is 0 Å². The van der Waals surface area contributed by atoms with Crippen molar-refractivity contribution in [1.29, 1.82) is 0 Å². The van der Waals surface area contributed by atoms with E-state index in [1.54, 1.807) is 0 Å². The SMILES string of the molecule is Cc1cc(-c2ccc3c(c2Nc2ccccc2C)C(C)(C)c2ccccc2-3)c2c(c1)-n1c3ccccc3c3cccc(c31)B2. The van der Waals surface area contributed by atoms with Gasteiger partial charge in [-0.25, -0.2) is 0 Å². The van der Waals surface area contributed by atoms with Crippen molar-refractivity contribution in [2.24, 2.45) is 0 Å². The summed E-state index contributed by atoms with van der Waals surface area (Å²) in [6.45, 7) is 9.21. The van der Waals surface area contributed by atoms with Gasteiger partial charge in [-0.05, 0) is 76.5 Å². The summed E-state index contributed by atoms with van der Waals surface area (Å²) in [6, 6.07) is 42.8. The van der Waals surface area contributed by atoms with Gasteiger partial charge in [0.2, 0.25) is 0 Å². The molecule has 0 fully saturated rings. The molecule has 6 aromatic carbocycles. The van der Waals surface area contributed by atoms with E-state index in [1.165, 1.54) is 88.6 Å². The molecule has 1 aromatic heterocycles. The predicted molar refractivity (Wildman–Crippen MR) is 189 cm³/mol. The topological polar surface area (TPSA) is 17.0 Å². The maximum Gasteiger partial charge on any atom is 0.198 e. The van der Waals surface area contributed by atoms with Crippen LogP contribution in [0.2, 0.25) is 0 Å². The van der Waals surface area contributed by atoms with Crippen LogP contribution in [0.4, 0.5) is 11.4 Å². The van der Waals surface area contributed by atoms with Crippen LogP contribution in [-0.4, -0.2) is 11.8 Å². The molecule has 0 radical (unpaired) electrons. The van der Waals surface area contributed by atoms with E-state index in [1.807, 2.05) is 0 Å². The molecule has 1 aliphatic heterocycles. The Kier molecular flexibility index (Phi) is 5.21. The first kappa shape index (κ1) is 25.5. The molecule has 0 bridgehead atoms. The molecule has 1 N–H and O–H groups in total. The highest BCUT2D eigenvalue weighted by Crippen LogP contribution is 2.54. The van der Waals surface area contributed by atoms with E-state index in [2.05, 4.69) is 153 Å². The number of anilines is 2. The molecule has 2 aliphatic rings. The number of aryl methyl sites for hydroxylation is 2. The number of para-hydroxylation sites is 3. The molecule has 0 atom stereocenters. The van der Waals surface area contributed by atoms with Gasteiger partial charge < -0.3 is 9.88 Å². The summed E-state index contributed by atoms with van der Waals surface area (Å²) < 4.78 is 2.52. The highest BCUT2D eigenvalue weighted by Gasteiger charge is 2.39. The smallest absolute Gasteiger partial charge is 0.198 e. The molecule has 3 heteroatoms. The lowest BCUT2D eigenvalue weighted by Crippen LogP contribution is -2.37. The number of hydrogen-bond acceptors (Lipinski definition) is 1. The summed E-state index contributed by atoms with van der Waals surface area (Å²) in [6.07, 6.45) is 0. The number of nitrogens with one attached hydrogen (secondary N) is 1. The maximum absolute atomic E-state index is 4.01. The number of aromatic nitrogens is 1. The van der Waals surface area contributed by atoms with Gasteiger partial charge in [-0.1, -0.05) is 116 Å². The predicted octanol–water partition coefficient (Wildman–Crippen LogP) is 8.82. The normalized spacial score (nSPS) is 13.8. The molecule has 0 amide bonds. The molecule has 0 spiro atoms. The minimum absolute atomic E-state index is 0.147. The van der Waals surface area contributed by atoms with Crippen molar-refractivity contribution in [2.75, 3.05) is 5.32 Å². The first-order chi connectivity index (χ1) is 21.4. The third-order valence-electron chi connectivity index (χ3n) is 10.2. The van der Waals surface area contributed by atoms with Crippen molar-refractivity contribution in [3.63, 3.8) is 0 Å². The number of rotatable bonds is 3. The van der Waals surface area contributed by atoms with Gasteiger partial charge in [0.15, 0.2) is 7.28 Å². The quantitative estimate of drug-likeness (QED) is 0.212. The average Bonchev–Trinajstić information content (AvgIpc) is 3.49. The number of fused-ring (bicyclic) bond motifs is 8. The van der Waals surface area contributed by atoms with Crippen molar-refractivity contribution >= 4 is 51.4 Å². The molecule has 7 aromatic rings. The second-order valence-corrected chi connectivity index (χ2v) is 13.2. The Bertz CT molecular complexity index is 2340. The van der Waals surface area contributed by atoms with Crippen molar-refractivity contribution in [2.45, 2.75) is 33.1 Å². The van der Waals surface area contributed by atoms with Crippen LogP contribution in [0.25, 0.3) is 49.7 Å². The van der Waals surface area contributed by atoms with E-state index in [9.17, 15) is 0 Å². The zero-order chi connectivity index (χ0) is 29.7. The molecule has 0 saturated heterocycles. The summed E-state index contributed by atoms with van der Waals surface area (Å²) >= 11 is 0. The lowest BCUT2D eigenvalue weighted by molar-refractivity contribution is 0.662. The van der Waals surface area contributed by atoms with Gasteiger partial charge >= 0.3 is 0 Å². The lowest BCUT2D eigenvalue weighted by atomic mass is 9.58. The Morgan fingerprint density at radius 3 is 2.30 bits per heavy atom. The Hall–Kier alpha value is -5.02. The van der Waals surface area contributed by atoms with E-state index in [0.29, 0.717) is 0 Å². The van der Waals surface area contributed by atoms with Gasteiger partial charge in [0, 0.05) is 38.6 Å². The van der Waals surface area contributed by atoms with E-state index >= 15 is 0 Å². The van der Waals surface area contributed by atoms with Crippen LogP contribution in [0.3, 0.4) is 0 Å². The van der Waals surface area contributed by atoms with Crippen LogP contribution >= 0.6 is 0 Å². The van der Waals surface area contributed by atoms with Crippen LogP contribution in [0.15, 0.2) is 115 Å². The third kappa shape index (κ3) is 3.38. The second-order valence-electron chi connectivity index (χ2n) is 13.2. The average molecular weight is 565 g/mol. The Morgan fingerprint density at radius 2 is 1.41 bits per heavy atom. The first-order valence-corrected chi connectivity index (χ1v) is 15.7. The monoisotopic (exact) mass is 564 g/mol. The summed E-state index contributed by atoms with van der Waals surface area (Å²) in [5, 5.41) is 6.67. The number of benzene rings is 6. The summed E-state index contributed by atoms with van der Waals surface area (Å²) in [5.74, 6) is 0. The van der Waals surface area contributed by atoms with Crippen molar-refractivity contribution in [3.8, 4) is 27.9 Å². The van der Waals surface area contributed by atoms with E-state index in [0.717, 1.165) is 13.0 Å². The van der Waals surface area contributed by atoms with E-state index < -0.39 is 0 Å². The summed E-state index contributed by atoms with van der Waals surface area (Å²) in [5.41, 5.74) is 19.4. The molecule has 0 saturated carbocycles. The van der Waals surface area contributed by atoms with Crippen LogP contribution in [0.5, 0.6) is 0 Å². The molecule has 2 heterocycles. The van der Waals surface area contributed by atoms with Crippen molar-refractivity contribution in [3.05, 3.63) is 138 Å². The van der Waals surface area contributed by atoms with Gasteiger partial charge in [-0.2, -0.15) is 0 Å². The van der Waals surface area contributed by atoms with Gasteiger partial charge in [0.25, 0.3) is 0 Å². The fraction of sp³-hybridized carbons (Fsp3) is 0.122. The van der Waals surface area contributed by atoms with E-state index in [4.69, 9.17) is 0 Å². The number of nitrogens with zero attached hydrogens (tertiary/aromatic N) is 1. The Labute approximate surface area is 259 Å². The van der Waals surface area contributed by atoms with Gasteiger partial charge in [-0.3, -0.25) is 0 Å². The van der Waals surface area contributed by atoms with Crippen molar-refractivity contribution in [1.82, 2.24) is 4.57 Å². The number of hydrogen-bond donors (Lipinski definition) is 1. The largest absolute Gasteiger partial charge is 0.355 e. The molecular weight excluding hydrogens is 531 g/mol. The molecule has 0 unspecified atom stereocenters. The zero-order valence-electron chi connectivity index (χ0n) is 25.6. The fourth-order valence-electron chi connectivity index (χ4n) is 8.17. The highest BCUT2D eigenvalue weighted by molar-refractivity contribution is 6.73. The molecular formula is C41H33BN2. The van der Waals surface area contributed by atoms with Gasteiger partial charge in [0.05, 0.1) is 11.2 Å². The van der Waals surface area contributed by atoms with Crippen LogP contribution < -0.4 is 16.2 Å². The molecule has 9 rings (SSSR count).